The van der Waals surface area contributed by atoms with Gasteiger partial charge in [-0.05, 0) is 46.0 Å². The van der Waals surface area contributed by atoms with Gasteiger partial charge in [-0.2, -0.15) is 0 Å². The Hall–Kier alpha value is -1.33. The highest BCUT2D eigenvalue weighted by Crippen LogP contribution is 2.38. The molecule has 0 amide bonds. The van der Waals surface area contributed by atoms with Gasteiger partial charge >= 0.3 is 7.12 Å². The fourth-order valence-electron chi connectivity index (χ4n) is 2.32. The quantitative estimate of drug-likeness (QED) is 0.473. The summed E-state index contributed by atoms with van der Waals surface area (Å²) >= 11 is 0. The molecule has 21 heavy (non-hydrogen) atoms. The molecule has 4 nitrogen and oxygen atoms in total. The Balaban J connectivity index is 2.00. The first-order chi connectivity index (χ1) is 9.86. The maximum absolute atomic E-state index is 6.01. The van der Waals surface area contributed by atoms with Crippen LogP contribution in [0.15, 0.2) is 35.5 Å². The molecule has 0 spiro atoms. The SMILES string of the molecule is CO/N=C(/CCB1OC(C)(C)C(C)(C)O1)c1ccccc1. The minimum absolute atomic E-state index is 0.208. The van der Waals surface area contributed by atoms with Crippen LogP contribution >= 0.6 is 0 Å². The largest absolute Gasteiger partial charge is 0.458 e. The van der Waals surface area contributed by atoms with Gasteiger partial charge in [-0.25, -0.2) is 0 Å². The van der Waals surface area contributed by atoms with Crippen molar-refractivity contribution >= 4 is 12.8 Å². The molecule has 5 heteroatoms. The molecule has 1 heterocycles. The predicted molar refractivity (Wildman–Crippen MR) is 85.5 cm³/mol. The monoisotopic (exact) mass is 289 g/mol. The van der Waals surface area contributed by atoms with Crippen LogP contribution in [0.3, 0.4) is 0 Å². The molecule has 1 aliphatic heterocycles. The number of hydrogen-bond donors (Lipinski definition) is 0. The van der Waals surface area contributed by atoms with Gasteiger partial charge in [-0.1, -0.05) is 35.5 Å². The van der Waals surface area contributed by atoms with Crippen LogP contribution < -0.4 is 0 Å². The van der Waals surface area contributed by atoms with Crippen LogP contribution in [-0.4, -0.2) is 31.1 Å². The molecule has 1 fully saturated rings. The van der Waals surface area contributed by atoms with Crippen LogP contribution in [0.2, 0.25) is 6.32 Å². The van der Waals surface area contributed by atoms with Gasteiger partial charge in [-0.3, -0.25) is 0 Å². The smallest absolute Gasteiger partial charge is 0.403 e. The second kappa shape index (κ2) is 6.20. The molecule has 114 valence electrons. The van der Waals surface area contributed by atoms with E-state index < -0.39 is 0 Å². The lowest BCUT2D eigenvalue weighted by Gasteiger charge is -2.32. The van der Waals surface area contributed by atoms with Gasteiger partial charge in [0.1, 0.15) is 7.11 Å². The van der Waals surface area contributed by atoms with Crippen LogP contribution in [0.1, 0.15) is 39.7 Å². The minimum Gasteiger partial charge on any atom is -0.403 e. The Morgan fingerprint density at radius 3 is 2.19 bits per heavy atom. The summed E-state index contributed by atoms with van der Waals surface area (Å²) in [6, 6.07) is 10.0. The average molecular weight is 289 g/mol. The Morgan fingerprint density at radius 2 is 1.67 bits per heavy atom. The van der Waals surface area contributed by atoms with Crippen LogP contribution in [0.25, 0.3) is 0 Å². The molecule has 0 N–H and O–H groups in total. The van der Waals surface area contributed by atoms with Crippen molar-refractivity contribution in [3.05, 3.63) is 35.9 Å². The molecular weight excluding hydrogens is 265 g/mol. The molecule has 1 aliphatic rings. The third-order valence-corrected chi connectivity index (χ3v) is 4.23. The molecule has 0 aliphatic carbocycles. The van der Waals surface area contributed by atoms with Crippen molar-refractivity contribution in [2.45, 2.75) is 51.6 Å². The summed E-state index contributed by atoms with van der Waals surface area (Å²) in [5, 5.41) is 4.13. The van der Waals surface area contributed by atoms with Crippen LogP contribution in [0, 0.1) is 0 Å². The highest BCUT2D eigenvalue weighted by Gasteiger charge is 2.50. The molecule has 0 aromatic heterocycles. The summed E-state index contributed by atoms with van der Waals surface area (Å²) in [5.74, 6) is 0. The Bertz CT molecular complexity index is 484. The van der Waals surface area contributed by atoms with Gasteiger partial charge in [0.25, 0.3) is 0 Å². The zero-order valence-electron chi connectivity index (χ0n) is 13.6. The van der Waals surface area contributed by atoms with Gasteiger partial charge in [0.15, 0.2) is 0 Å². The first kappa shape index (κ1) is 16.1. The third kappa shape index (κ3) is 3.66. The summed E-state index contributed by atoms with van der Waals surface area (Å²) in [6.45, 7) is 8.26. The van der Waals surface area contributed by atoms with Crippen molar-refractivity contribution in [1.82, 2.24) is 0 Å². The standard InChI is InChI=1S/C16H24BNO3/c1-15(2)16(3,4)21-17(20-15)12-11-14(18-19-5)13-9-7-6-8-10-13/h6-10H,11-12H2,1-5H3/b18-14-. The fourth-order valence-corrected chi connectivity index (χ4v) is 2.32. The normalized spacial score (nSPS) is 20.6. The Labute approximate surface area is 127 Å². The van der Waals surface area contributed by atoms with E-state index in [1.165, 1.54) is 0 Å². The molecule has 1 aromatic carbocycles. The predicted octanol–water partition coefficient (Wildman–Crippen LogP) is 3.52. The molecule has 1 aromatic rings. The number of oxime groups is 1. The lowest BCUT2D eigenvalue weighted by molar-refractivity contribution is 0.00578. The second-order valence-corrected chi connectivity index (χ2v) is 6.31. The highest BCUT2D eigenvalue weighted by molar-refractivity contribution is 6.46. The van der Waals surface area contributed by atoms with Gasteiger partial charge in [0.05, 0.1) is 16.9 Å². The van der Waals surface area contributed by atoms with Gasteiger partial charge in [-0.15, -0.1) is 0 Å². The molecule has 0 atom stereocenters. The van der Waals surface area contributed by atoms with E-state index >= 15 is 0 Å². The number of benzene rings is 1. The van der Waals surface area contributed by atoms with Crippen molar-refractivity contribution in [3.63, 3.8) is 0 Å². The van der Waals surface area contributed by atoms with Crippen LogP contribution in [-0.2, 0) is 14.1 Å². The van der Waals surface area contributed by atoms with Crippen LogP contribution in [0.5, 0.6) is 0 Å². The van der Waals surface area contributed by atoms with Gasteiger partial charge in [0, 0.05) is 0 Å². The van der Waals surface area contributed by atoms with Crippen molar-refractivity contribution in [3.8, 4) is 0 Å². The van der Waals surface area contributed by atoms with E-state index in [1.807, 2.05) is 30.3 Å². The maximum Gasteiger partial charge on any atom is 0.458 e. The summed E-state index contributed by atoms with van der Waals surface area (Å²) in [6.07, 6.45) is 1.50. The number of rotatable bonds is 5. The minimum atomic E-state index is -0.289. The average Bonchev–Trinajstić information content (AvgIpc) is 2.64. The topological polar surface area (TPSA) is 40.0 Å². The summed E-state index contributed by atoms with van der Waals surface area (Å²) < 4.78 is 12.0. The van der Waals surface area contributed by atoms with E-state index in [0.717, 1.165) is 24.0 Å². The van der Waals surface area contributed by atoms with Crippen LogP contribution in [0.4, 0.5) is 0 Å². The Kier molecular flexibility index (Phi) is 4.74. The molecule has 2 rings (SSSR count). The lowest BCUT2D eigenvalue weighted by atomic mass is 9.81. The maximum atomic E-state index is 6.01. The zero-order valence-corrected chi connectivity index (χ0v) is 13.6. The fraction of sp³-hybridized carbons (Fsp3) is 0.562. The number of hydrogen-bond acceptors (Lipinski definition) is 4. The van der Waals surface area contributed by atoms with Crippen molar-refractivity contribution < 1.29 is 14.1 Å². The van der Waals surface area contributed by atoms with E-state index in [1.54, 1.807) is 7.11 Å². The molecule has 0 saturated carbocycles. The van der Waals surface area contributed by atoms with E-state index in [9.17, 15) is 0 Å². The molecule has 0 unspecified atom stereocenters. The molecular formula is C16H24BNO3. The molecule has 0 radical (unpaired) electrons. The number of nitrogens with zero attached hydrogens (tertiary/aromatic N) is 1. The van der Waals surface area contributed by atoms with Gasteiger partial charge < -0.3 is 14.1 Å². The summed E-state index contributed by atoms with van der Waals surface area (Å²) in [7, 11) is 1.36. The second-order valence-electron chi connectivity index (χ2n) is 6.31. The highest BCUT2D eigenvalue weighted by atomic mass is 16.7. The molecule has 0 bridgehead atoms. The summed E-state index contributed by atoms with van der Waals surface area (Å²) in [4.78, 5) is 4.96. The first-order valence-corrected chi connectivity index (χ1v) is 7.37. The Morgan fingerprint density at radius 1 is 1.10 bits per heavy atom. The third-order valence-electron chi connectivity index (χ3n) is 4.23. The van der Waals surface area contributed by atoms with Crippen molar-refractivity contribution in [2.75, 3.05) is 7.11 Å². The first-order valence-electron chi connectivity index (χ1n) is 7.37. The summed E-state index contributed by atoms with van der Waals surface area (Å²) in [5.41, 5.74) is 1.40. The van der Waals surface area contributed by atoms with Crippen molar-refractivity contribution in [2.24, 2.45) is 5.16 Å². The zero-order chi connectivity index (χ0) is 15.5. The van der Waals surface area contributed by atoms with E-state index in [4.69, 9.17) is 14.1 Å². The molecule has 1 saturated heterocycles. The van der Waals surface area contributed by atoms with Gasteiger partial charge in [0.2, 0.25) is 0 Å². The van der Waals surface area contributed by atoms with E-state index in [2.05, 4.69) is 32.9 Å². The van der Waals surface area contributed by atoms with E-state index in [0.29, 0.717) is 0 Å². The van der Waals surface area contributed by atoms with Crippen molar-refractivity contribution in [1.29, 1.82) is 0 Å². The lowest BCUT2D eigenvalue weighted by Crippen LogP contribution is -2.41. The van der Waals surface area contributed by atoms with E-state index in [-0.39, 0.29) is 18.3 Å².